The van der Waals surface area contributed by atoms with Crippen LogP contribution in [0.25, 0.3) is 11.1 Å². The number of aromatic hydroxyl groups is 1. The molecule has 0 saturated carbocycles. The van der Waals surface area contributed by atoms with Crippen molar-refractivity contribution in [2.75, 3.05) is 7.11 Å². The van der Waals surface area contributed by atoms with Crippen molar-refractivity contribution in [3.8, 4) is 16.9 Å². The van der Waals surface area contributed by atoms with Gasteiger partial charge in [-0.3, -0.25) is 0 Å². The first-order chi connectivity index (χ1) is 14.4. The number of ether oxygens (including phenoxy) is 2. The van der Waals surface area contributed by atoms with Crippen molar-refractivity contribution < 1.29 is 24.2 Å². The van der Waals surface area contributed by atoms with Crippen LogP contribution in [0.15, 0.2) is 66.7 Å². The largest absolute Gasteiger partial charge is 0.508 e. The van der Waals surface area contributed by atoms with Crippen LogP contribution in [0.2, 0.25) is 0 Å². The van der Waals surface area contributed by atoms with E-state index < -0.39 is 17.5 Å². The minimum atomic E-state index is -2.14. The molecule has 0 radical (unpaired) electrons. The number of methoxy groups -OCH3 is 1. The summed E-state index contributed by atoms with van der Waals surface area (Å²) >= 11 is 0. The van der Waals surface area contributed by atoms with Crippen LogP contribution >= 0.6 is 0 Å². The maximum Gasteiger partial charge on any atom is 0.342 e. The Labute approximate surface area is 173 Å². The molecule has 0 saturated heterocycles. The number of hydrogen-bond donors (Lipinski definition) is 2. The molecule has 3 N–H and O–H groups in total. The summed E-state index contributed by atoms with van der Waals surface area (Å²) in [6.07, 6.45) is 0.752. The topological polar surface area (TPSA) is 98.9 Å². The first kappa shape index (κ1) is 19.7. The molecule has 1 aliphatic rings. The number of nitrogens with two attached hydrogens (primary N) is 1. The van der Waals surface area contributed by atoms with Crippen LogP contribution in [0.5, 0.6) is 5.75 Å². The molecule has 0 amide bonds. The molecule has 3 aromatic rings. The highest BCUT2D eigenvalue weighted by atomic mass is 16.6. The van der Waals surface area contributed by atoms with Gasteiger partial charge in [0.1, 0.15) is 12.4 Å². The SMILES string of the molecule is COC(=O)C(N)(C(=O)OCc1cccc2c1Cc1ccccc1-2)c1ccc(O)cc1. The molecule has 0 bridgehead atoms. The molecular weight excluding hydrogens is 382 g/mol. The van der Waals surface area contributed by atoms with Gasteiger partial charge < -0.3 is 20.3 Å². The maximum absolute atomic E-state index is 12.9. The third-order valence-corrected chi connectivity index (χ3v) is 5.46. The normalized spacial score (nSPS) is 13.7. The van der Waals surface area contributed by atoms with Gasteiger partial charge in [-0.15, -0.1) is 0 Å². The highest BCUT2D eigenvalue weighted by Gasteiger charge is 2.47. The van der Waals surface area contributed by atoms with Crippen LogP contribution in [0.3, 0.4) is 0 Å². The van der Waals surface area contributed by atoms with Crippen molar-refractivity contribution >= 4 is 11.9 Å². The Kier molecular flexibility index (Phi) is 5.01. The van der Waals surface area contributed by atoms with Gasteiger partial charge in [-0.25, -0.2) is 9.59 Å². The second-order valence-electron chi connectivity index (χ2n) is 7.20. The highest BCUT2D eigenvalue weighted by Crippen LogP contribution is 2.38. The number of hydrogen-bond acceptors (Lipinski definition) is 6. The number of carbonyl (C=O) groups excluding carboxylic acids is 2. The Morgan fingerprint density at radius 1 is 0.967 bits per heavy atom. The van der Waals surface area contributed by atoms with E-state index in [1.807, 2.05) is 30.3 Å². The molecule has 0 spiro atoms. The lowest BCUT2D eigenvalue weighted by molar-refractivity contribution is -0.164. The van der Waals surface area contributed by atoms with E-state index in [-0.39, 0.29) is 17.9 Å². The van der Waals surface area contributed by atoms with E-state index in [9.17, 15) is 14.7 Å². The molecule has 1 aliphatic carbocycles. The Bertz CT molecular complexity index is 1120. The van der Waals surface area contributed by atoms with E-state index in [1.54, 1.807) is 0 Å². The molecule has 3 aromatic carbocycles. The van der Waals surface area contributed by atoms with E-state index in [0.717, 1.165) is 30.2 Å². The highest BCUT2D eigenvalue weighted by molar-refractivity contribution is 6.05. The lowest BCUT2D eigenvalue weighted by Crippen LogP contribution is -2.53. The van der Waals surface area contributed by atoms with E-state index in [0.29, 0.717) is 0 Å². The molecule has 4 rings (SSSR count). The minimum Gasteiger partial charge on any atom is -0.508 e. The molecule has 0 fully saturated rings. The third-order valence-electron chi connectivity index (χ3n) is 5.46. The first-order valence-electron chi connectivity index (χ1n) is 9.48. The number of benzene rings is 3. The number of phenolic OH excluding ortho intramolecular Hbond substituents is 1. The molecular formula is C24H21NO5. The summed E-state index contributed by atoms with van der Waals surface area (Å²) in [5, 5.41) is 9.50. The molecule has 0 aliphatic heterocycles. The fourth-order valence-electron chi connectivity index (χ4n) is 3.82. The van der Waals surface area contributed by atoms with Crippen molar-refractivity contribution in [1.82, 2.24) is 0 Å². The smallest absolute Gasteiger partial charge is 0.342 e. The predicted molar refractivity (Wildman–Crippen MR) is 110 cm³/mol. The van der Waals surface area contributed by atoms with Crippen molar-refractivity contribution in [2.45, 2.75) is 18.6 Å². The average molecular weight is 403 g/mol. The zero-order chi connectivity index (χ0) is 21.3. The Morgan fingerprint density at radius 2 is 1.67 bits per heavy atom. The van der Waals surface area contributed by atoms with Crippen molar-refractivity contribution in [2.24, 2.45) is 5.73 Å². The Morgan fingerprint density at radius 3 is 2.40 bits per heavy atom. The van der Waals surface area contributed by atoms with Crippen LogP contribution in [0.1, 0.15) is 22.3 Å². The summed E-state index contributed by atoms with van der Waals surface area (Å²) in [6, 6.07) is 19.5. The predicted octanol–water partition coefficient (Wildman–Crippen LogP) is 3.03. The molecule has 6 nitrogen and oxygen atoms in total. The van der Waals surface area contributed by atoms with E-state index in [1.165, 1.54) is 35.4 Å². The van der Waals surface area contributed by atoms with E-state index in [2.05, 4.69) is 12.1 Å². The molecule has 0 aromatic heterocycles. The average Bonchev–Trinajstić information content (AvgIpc) is 3.16. The number of fused-ring (bicyclic) bond motifs is 3. The summed E-state index contributed by atoms with van der Waals surface area (Å²) in [5.74, 6) is -1.88. The van der Waals surface area contributed by atoms with Crippen molar-refractivity contribution in [3.05, 3.63) is 89.0 Å². The van der Waals surface area contributed by atoms with Gasteiger partial charge in [0.15, 0.2) is 0 Å². The summed E-state index contributed by atoms with van der Waals surface area (Å²) in [5.41, 5.74) is 9.68. The van der Waals surface area contributed by atoms with Gasteiger partial charge in [0, 0.05) is 0 Å². The molecule has 152 valence electrons. The van der Waals surface area contributed by atoms with Crippen LogP contribution in [-0.4, -0.2) is 24.2 Å². The zero-order valence-corrected chi connectivity index (χ0v) is 16.4. The van der Waals surface area contributed by atoms with Gasteiger partial charge in [0.05, 0.1) is 7.11 Å². The summed E-state index contributed by atoms with van der Waals surface area (Å²) in [6.45, 7) is -0.0238. The van der Waals surface area contributed by atoms with Crippen LogP contribution in [-0.2, 0) is 37.6 Å². The van der Waals surface area contributed by atoms with Gasteiger partial charge in [0.2, 0.25) is 5.54 Å². The minimum absolute atomic E-state index is 0.0150. The van der Waals surface area contributed by atoms with Crippen molar-refractivity contribution in [3.63, 3.8) is 0 Å². The van der Waals surface area contributed by atoms with Gasteiger partial charge in [-0.05, 0) is 51.9 Å². The number of carbonyl (C=O) groups is 2. The van der Waals surface area contributed by atoms with Gasteiger partial charge in [0.25, 0.3) is 0 Å². The van der Waals surface area contributed by atoms with E-state index in [4.69, 9.17) is 15.2 Å². The van der Waals surface area contributed by atoms with Gasteiger partial charge in [-0.2, -0.15) is 0 Å². The lowest BCUT2D eigenvalue weighted by Gasteiger charge is -2.25. The summed E-state index contributed by atoms with van der Waals surface area (Å²) in [7, 11) is 1.15. The Hall–Kier alpha value is -3.64. The summed E-state index contributed by atoms with van der Waals surface area (Å²) < 4.78 is 10.3. The lowest BCUT2D eigenvalue weighted by atomic mass is 9.91. The molecule has 6 heteroatoms. The summed E-state index contributed by atoms with van der Waals surface area (Å²) in [4.78, 5) is 25.3. The zero-order valence-electron chi connectivity index (χ0n) is 16.4. The van der Waals surface area contributed by atoms with Gasteiger partial charge in [-0.1, -0.05) is 54.6 Å². The molecule has 0 heterocycles. The number of rotatable bonds is 5. The molecule has 1 atom stereocenters. The third kappa shape index (κ3) is 3.21. The van der Waals surface area contributed by atoms with Crippen LogP contribution in [0, 0.1) is 0 Å². The monoisotopic (exact) mass is 403 g/mol. The molecule has 30 heavy (non-hydrogen) atoms. The van der Waals surface area contributed by atoms with E-state index >= 15 is 0 Å². The number of phenols is 1. The van der Waals surface area contributed by atoms with Crippen LogP contribution < -0.4 is 5.73 Å². The number of esters is 2. The fourth-order valence-corrected chi connectivity index (χ4v) is 3.82. The molecule has 1 unspecified atom stereocenters. The second-order valence-corrected chi connectivity index (χ2v) is 7.20. The van der Waals surface area contributed by atoms with Crippen molar-refractivity contribution in [1.29, 1.82) is 0 Å². The maximum atomic E-state index is 12.9. The standard InChI is InChI=1S/C24H21NO5/c1-29-22(27)24(25,17-9-11-18(26)12-10-17)23(28)30-14-16-6-4-8-20-19-7-3-2-5-15(19)13-21(16)20/h2-12,26H,13-14,25H2,1H3. The Balaban J connectivity index is 1.60. The van der Waals surface area contributed by atoms with Crippen LogP contribution in [0.4, 0.5) is 0 Å². The quantitative estimate of drug-likeness (QED) is 0.393. The first-order valence-corrected chi connectivity index (χ1v) is 9.48. The fraction of sp³-hybridized carbons (Fsp3) is 0.167. The second kappa shape index (κ2) is 7.65. The van der Waals surface area contributed by atoms with Gasteiger partial charge >= 0.3 is 11.9 Å².